The summed E-state index contributed by atoms with van der Waals surface area (Å²) in [7, 11) is -4.67. The van der Waals surface area contributed by atoms with Crippen LogP contribution in [0.3, 0.4) is 0 Å². The molecule has 0 aliphatic heterocycles. The predicted molar refractivity (Wildman–Crippen MR) is 26.2 cm³/mol. The van der Waals surface area contributed by atoms with Crippen molar-refractivity contribution in [3.8, 4) is 0 Å². The van der Waals surface area contributed by atoms with Crippen molar-refractivity contribution in [2.75, 3.05) is 6.67 Å². The molecule has 0 heterocycles. The van der Waals surface area contributed by atoms with Crippen LogP contribution >= 0.6 is 0 Å². The van der Waals surface area contributed by atoms with Gasteiger partial charge in [0.1, 0.15) is 0 Å². The van der Waals surface area contributed by atoms with Gasteiger partial charge in [0.15, 0.2) is 6.67 Å². The average molecular weight is 200 g/mol. The van der Waals surface area contributed by atoms with Gasteiger partial charge in [0.25, 0.3) is 0 Å². The van der Waals surface area contributed by atoms with Crippen molar-refractivity contribution in [3.63, 3.8) is 0 Å². The van der Waals surface area contributed by atoms with E-state index in [1.165, 1.54) is 0 Å². The van der Waals surface area contributed by atoms with Gasteiger partial charge in [-0.2, -0.15) is 21.6 Å². The lowest BCUT2D eigenvalue weighted by Gasteiger charge is -1.93. The molecule has 70 valence electrons. The van der Waals surface area contributed by atoms with Gasteiger partial charge < -0.3 is 0 Å². The molecule has 0 bridgehead atoms. The highest BCUT2D eigenvalue weighted by Gasteiger charge is 2.26. The number of alkyl halides is 4. The Morgan fingerprint density at radius 3 is 1.27 bits per heavy atom. The lowest BCUT2D eigenvalue weighted by molar-refractivity contribution is -0.142. The molecule has 0 amide bonds. The standard InChI is InChI=1S/C2H2F4.H2O4S/c3-1-2(4,5)6;1-5(2,3)4/h1H2;(H2,1,2,3,4). The van der Waals surface area contributed by atoms with E-state index in [-0.39, 0.29) is 0 Å². The molecule has 0 spiro atoms. The molecular weight excluding hydrogens is 196 g/mol. The molecule has 0 aliphatic rings. The Labute approximate surface area is 59.4 Å². The normalized spacial score (nSPS) is 11.8. The molecule has 2 N–H and O–H groups in total. The van der Waals surface area contributed by atoms with Crippen LogP contribution in [0.4, 0.5) is 17.6 Å². The van der Waals surface area contributed by atoms with Crippen molar-refractivity contribution in [1.82, 2.24) is 0 Å². The average Bonchev–Trinajstić information content (AvgIpc) is 1.59. The van der Waals surface area contributed by atoms with E-state index in [1.54, 1.807) is 0 Å². The third-order valence-electron chi connectivity index (χ3n) is 0.152. The molecule has 0 aromatic carbocycles. The highest BCUT2D eigenvalue weighted by atomic mass is 32.3. The van der Waals surface area contributed by atoms with E-state index in [4.69, 9.17) is 17.5 Å². The first kappa shape index (κ1) is 13.2. The second kappa shape index (κ2) is 4.46. The van der Waals surface area contributed by atoms with E-state index in [1.807, 2.05) is 0 Å². The second-order valence-corrected chi connectivity index (χ2v) is 2.09. The molecule has 4 nitrogen and oxygen atoms in total. The minimum atomic E-state index is -4.67. The van der Waals surface area contributed by atoms with Gasteiger partial charge in [-0.15, -0.1) is 0 Å². The lowest BCUT2D eigenvalue weighted by atomic mass is 10.8. The maximum atomic E-state index is 10.4. The molecule has 0 rings (SSSR count). The molecular formula is C2H4F4O4S. The molecule has 0 atom stereocenters. The SMILES string of the molecule is FCC(F)(F)F.O=S(=O)(O)O. The minimum absolute atomic E-state index is 2.23. The fourth-order valence-corrected chi connectivity index (χ4v) is 0. The minimum Gasteiger partial charge on any atom is -0.264 e. The first-order valence-electron chi connectivity index (χ1n) is 1.89. The molecule has 0 saturated heterocycles. The Hall–Kier alpha value is -0.410. The lowest BCUT2D eigenvalue weighted by Crippen LogP contribution is -2.08. The van der Waals surface area contributed by atoms with Crippen LogP contribution in [0.2, 0.25) is 0 Å². The summed E-state index contributed by atoms with van der Waals surface area (Å²) in [5.74, 6) is 0. The van der Waals surface area contributed by atoms with Crippen molar-refractivity contribution in [2.45, 2.75) is 6.18 Å². The molecule has 0 unspecified atom stereocenters. The molecule has 0 aromatic heterocycles. The number of halogens is 4. The molecule has 9 heteroatoms. The smallest absolute Gasteiger partial charge is 0.264 e. The topological polar surface area (TPSA) is 74.6 Å². The van der Waals surface area contributed by atoms with Crippen LogP contribution in [-0.4, -0.2) is 30.4 Å². The van der Waals surface area contributed by atoms with Gasteiger partial charge in [-0.25, -0.2) is 4.39 Å². The zero-order valence-electron chi connectivity index (χ0n) is 4.84. The molecule has 11 heavy (non-hydrogen) atoms. The van der Waals surface area contributed by atoms with E-state index in [0.717, 1.165) is 0 Å². The Morgan fingerprint density at radius 2 is 1.27 bits per heavy atom. The van der Waals surface area contributed by atoms with E-state index in [9.17, 15) is 17.6 Å². The second-order valence-electron chi connectivity index (χ2n) is 1.20. The van der Waals surface area contributed by atoms with E-state index in [2.05, 4.69) is 0 Å². The van der Waals surface area contributed by atoms with Crippen molar-refractivity contribution in [2.24, 2.45) is 0 Å². The van der Waals surface area contributed by atoms with Crippen LogP contribution in [0.5, 0.6) is 0 Å². The fourth-order valence-electron chi connectivity index (χ4n) is 0. The highest BCUT2D eigenvalue weighted by Crippen LogP contribution is 2.13. The summed E-state index contributed by atoms with van der Waals surface area (Å²) in [6, 6.07) is 0. The maximum Gasteiger partial charge on any atom is 0.416 e. The third-order valence-corrected chi connectivity index (χ3v) is 0.152. The molecule has 0 saturated carbocycles. The van der Waals surface area contributed by atoms with Crippen molar-refractivity contribution < 1.29 is 35.1 Å². The van der Waals surface area contributed by atoms with Gasteiger partial charge in [0.05, 0.1) is 0 Å². The van der Waals surface area contributed by atoms with Crippen molar-refractivity contribution in [1.29, 1.82) is 0 Å². The Balaban J connectivity index is 0. The summed E-state index contributed by atoms with van der Waals surface area (Å²) in [6.07, 6.45) is -4.62. The molecule has 0 aliphatic carbocycles. The number of hydrogen-bond acceptors (Lipinski definition) is 2. The first-order valence-corrected chi connectivity index (χ1v) is 3.28. The predicted octanol–water partition coefficient (Wildman–Crippen LogP) is 0.865. The van der Waals surface area contributed by atoms with Crippen molar-refractivity contribution >= 4 is 10.4 Å². The molecule has 0 fully saturated rings. The Kier molecular flexibility index (Phi) is 5.36. The van der Waals surface area contributed by atoms with Gasteiger partial charge in [-0.1, -0.05) is 0 Å². The summed E-state index contributed by atoms with van der Waals surface area (Å²) in [5, 5.41) is 0. The summed E-state index contributed by atoms with van der Waals surface area (Å²) >= 11 is 0. The zero-order valence-corrected chi connectivity index (χ0v) is 5.65. The highest BCUT2D eigenvalue weighted by molar-refractivity contribution is 7.79. The van der Waals surface area contributed by atoms with Crippen molar-refractivity contribution in [3.05, 3.63) is 0 Å². The fraction of sp³-hybridized carbons (Fsp3) is 1.00. The van der Waals surface area contributed by atoms with Gasteiger partial charge in [-0.3, -0.25) is 9.11 Å². The quantitative estimate of drug-likeness (QED) is 0.449. The van der Waals surface area contributed by atoms with Crippen LogP contribution in [0.1, 0.15) is 0 Å². The largest absolute Gasteiger partial charge is 0.416 e. The van der Waals surface area contributed by atoms with Crippen LogP contribution in [0, 0.1) is 0 Å². The van der Waals surface area contributed by atoms with Crippen LogP contribution in [-0.2, 0) is 10.4 Å². The van der Waals surface area contributed by atoms with E-state index in [0.29, 0.717) is 0 Å². The zero-order chi connectivity index (χ0) is 9.71. The van der Waals surface area contributed by atoms with Crippen LogP contribution in [0.25, 0.3) is 0 Å². The first-order chi connectivity index (χ1) is 4.56. The monoisotopic (exact) mass is 200 g/mol. The van der Waals surface area contributed by atoms with E-state index >= 15 is 0 Å². The number of hydrogen-bond donors (Lipinski definition) is 2. The van der Waals surface area contributed by atoms with Gasteiger partial charge in [0.2, 0.25) is 0 Å². The summed E-state index contributed by atoms with van der Waals surface area (Å²) in [4.78, 5) is 0. The molecule has 0 radical (unpaired) electrons. The molecule has 0 aromatic rings. The van der Waals surface area contributed by atoms with Gasteiger partial charge in [-0.05, 0) is 0 Å². The van der Waals surface area contributed by atoms with E-state index < -0.39 is 23.2 Å². The summed E-state index contributed by atoms with van der Waals surface area (Å²) in [6.45, 7) is -2.23. The Bertz CT molecular complexity index is 173. The van der Waals surface area contributed by atoms with Crippen LogP contribution in [0.15, 0.2) is 0 Å². The third kappa shape index (κ3) is 82.4. The maximum absolute atomic E-state index is 10.4. The van der Waals surface area contributed by atoms with Gasteiger partial charge >= 0.3 is 16.6 Å². The number of rotatable bonds is 0. The summed E-state index contributed by atoms with van der Waals surface area (Å²) < 4.78 is 73.2. The van der Waals surface area contributed by atoms with Crippen LogP contribution < -0.4 is 0 Å². The van der Waals surface area contributed by atoms with Gasteiger partial charge in [0, 0.05) is 0 Å². The summed E-state index contributed by atoms with van der Waals surface area (Å²) in [5.41, 5.74) is 0. The Morgan fingerprint density at radius 1 is 1.18 bits per heavy atom.